The van der Waals surface area contributed by atoms with Gasteiger partial charge in [0, 0.05) is 5.39 Å². The number of rotatable bonds is 1. The lowest BCUT2D eigenvalue weighted by Gasteiger charge is -2.12. The number of hydrogen-bond donors (Lipinski definition) is 2. The molecule has 1 aromatic carbocycles. The summed E-state index contributed by atoms with van der Waals surface area (Å²) in [4.78, 5) is 4.33. The highest BCUT2D eigenvalue weighted by atomic mass is 16.3. The van der Waals surface area contributed by atoms with E-state index in [1.807, 2.05) is 32.9 Å². The third-order valence-corrected chi connectivity index (χ3v) is 3.27. The predicted molar refractivity (Wildman–Crippen MR) is 69.3 cm³/mol. The molecule has 3 nitrogen and oxygen atoms in total. The van der Waals surface area contributed by atoms with Crippen molar-refractivity contribution < 1.29 is 10.2 Å². The molecule has 2 aromatic rings. The molecule has 1 aromatic heterocycles. The molecule has 0 aliphatic heterocycles. The third kappa shape index (κ3) is 1.73. The lowest BCUT2D eigenvalue weighted by Crippen LogP contribution is -1.93. The zero-order chi connectivity index (χ0) is 12.6. The average molecular weight is 229 g/mol. The van der Waals surface area contributed by atoms with E-state index in [4.69, 9.17) is 5.11 Å². The maximum atomic E-state index is 10.1. The minimum Gasteiger partial charge on any atom is -0.516 e. The molecule has 0 aliphatic rings. The molecule has 17 heavy (non-hydrogen) atoms. The average Bonchev–Trinajstić information content (AvgIpc) is 2.34. The second-order valence-electron chi connectivity index (χ2n) is 4.17. The van der Waals surface area contributed by atoms with Crippen molar-refractivity contribution in [3.63, 3.8) is 0 Å². The first-order valence-corrected chi connectivity index (χ1v) is 5.46. The Morgan fingerprint density at radius 2 is 1.76 bits per heavy atom. The van der Waals surface area contributed by atoms with Gasteiger partial charge in [-0.3, -0.25) is 0 Å². The van der Waals surface area contributed by atoms with Crippen molar-refractivity contribution in [1.82, 2.24) is 4.98 Å². The van der Waals surface area contributed by atoms with Gasteiger partial charge in [0.05, 0.1) is 12.0 Å². The molecule has 0 bridgehead atoms. The number of phenolic OH excluding ortho intramolecular Hbond substituents is 1. The normalized spacial score (nSPS) is 11.5. The van der Waals surface area contributed by atoms with Gasteiger partial charge in [-0.1, -0.05) is 6.07 Å². The van der Waals surface area contributed by atoms with E-state index in [0.29, 0.717) is 11.2 Å². The summed E-state index contributed by atoms with van der Waals surface area (Å²) in [7, 11) is 0. The maximum Gasteiger partial charge on any atom is 0.145 e. The van der Waals surface area contributed by atoms with Crippen LogP contribution >= 0.6 is 0 Å². The van der Waals surface area contributed by atoms with Gasteiger partial charge in [-0.15, -0.1) is 0 Å². The van der Waals surface area contributed by atoms with Gasteiger partial charge in [0.2, 0.25) is 0 Å². The zero-order valence-corrected chi connectivity index (χ0v) is 10.2. The van der Waals surface area contributed by atoms with Gasteiger partial charge in [0.15, 0.2) is 0 Å². The Balaban J connectivity index is 2.86. The molecule has 0 saturated heterocycles. The third-order valence-electron chi connectivity index (χ3n) is 3.27. The fourth-order valence-corrected chi connectivity index (χ4v) is 1.97. The summed E-state index contributed by atoms with van der Waals surface area (Å²) in [5.41, 5.74) is 4.27. The molecular weight excluding hydrogens is 214 g/mol. The lowest BCUT2D eigenvalue weighted by molar-refractivity contribution is 0.475. The second-order valence-corrected chi connectivity index (χ2v) is 4.17. The molecule has 2 rings (SSSR count). The highest BCUT2D eigenvalue weighted by molar-refractivity contribution is 5.90. The second kappa shape index (κ2) is 4.09. The summed E-state index contributed by atoms with van der Waals surface area (Å²) < 4.78 is 0. The fourth-order valence-electron chi connectivity index (χ4n) is 1.97. The standard InChI is InChI=1S/C14H15NO2/c1-8-9(2)12-5-4-11(6-7-16)15-13(12)14(17)10(8)3/h4-7,16-17H,1-3H3/b7-6+. The first-order valence-electron chi connectivity index (χ1n) is 5.46. The van der Waals surface area contributed by atoms with E-state index in [9.17, 15) is 5.11 Å². The van der Waals surface area contributed by atoms with Gasteiger partial charge in [0.25, 0.3) is 0 Å². The molecule has 0 unspecified atom stereocenters. The van der Waals surface area contributed by atoms with E-state index in [1.165, 1.54) is 6.08 Å². The Hall–Kier alpha value is -2.03. The van der Waals surface area contributed by atoms with Crippen LogP contribution < -0.4 is 0 Å². The van der Waals surface area contributed by atoms with E-state index in [2.05, 4.69) is 4.98 Å². The van der Waals surface area contributed by atoms with Crippen LogP contribution in [-0.2, 0) is 0 Å². The summed E-state index contributed by atoms with van der Waals surface area (Å²) in [6.45, 7) is 5.89. The summed E-state index contributed by atoms with van der Waals surface area (Å²) in [5.74, 6) is 0.219. The predicted octanol–water partition coefficient (Wildman–Crippen LogP) is 3.39. The van der Waals surface area contributed by atoms with E-state index in [0.717, 1.165) is 28.3 Å². The number of phenols is 1. The van der Waals surface area contributed by atoms with Gasteiger partial charge in [-0.25, -0.2) is 4.98 Å². The van der Waals surface area contributed by atoms with Crippen LogP contribution in [0, 0.1) is 20.8 Å². The van der Waals surface area contributed by atoms with Gasteiger partial charge in [-0.05, 0) is 49.6 Å². The van der Waals surface area contributed by atoms with Gasteiger partial charge in [0.1, 0.15) is 11.3 Å². The molecule has 0 fully saturated rings. The van der Waals surface area contributed by atoms with Crippen molar-refractivity contribution in [2.24, 2.45) is 0 Å². The smallest absolute Gasteiger partial charge is 0.145 e. The summed E-state index contributed by atoms with van der Waals surface area (Å²) >= 11 is 0. The number of fused-ring (bicyclic) bond motifs is 1. The van der Waals surface area contributed by atoms with Crippen molar-refractivity contribution in [2.75, 3.05) is 0 Å². The number of aliphatic hydroxyl groups is 1. The molecule has 0 radical (unpaired) electrons. The first-order chi connectivity index (χ1) is 8.06. The fraction of sp³-hybridized carbons (Fsp3) is 0.214. The molecule has 0 atom stereocenters. The highest BCUT2D eigenvalue weighted by Gasteiger charge is 2.12. The van der Waals surface area contributed by atoms with Crippen LogP contribution in [0.5, 0.6) is 5.75 Å². The Kier molecular flexibility index (Phi) is 2.76. The monoisotopic (exact) mass is 229 g/mol. The van der Waals surface area contributed by atoms with E-state index in [1.54, 1.807) is 0 Å². The molecule has 88 valence electrons. The molecule has 1 heterocycles. The lowest BCUT2D eigenvalue weighted by atomic mass is 9.98. The van der Waals surface area contributed by atoms with Crippen LogP contribution in [0.2, 0.25) is 0 Å². The van der Waals surface area contributed by atoms with Crippen LogP contribution in [0.15, 0.2) is 18.4 Å². The number of aromatic nitrogens is 1. The van der Waals surface area contributed by atoms with Crippen molar-refractivity contribution in [1.29, 1.82) is 0 Å². The minimum absolute atomic E-state index is 0.219. The summed E-state index contributed by atoms with van der Waals surface area (Å²) in [6, 6.07) is 3.73. The number of aryl methyl sites for hydroxylation is 1. The molecule has 0 aliphatic carbocycles. The van der Waals surface area contributed by atoms with E-state index >= 15 is 0 Å². The molecule has 0 spiro atoms. The molecule has 0 amide bonds. The summed E-state index contributed by atoms with van der Waals surface area (Å²) in [5, 5.41) is 19.8. The Labute approximate surface area is 100 Å². The van der Waals surface area contributed by atoms with Crippen molar-refractivity contribution in [3.8, 4) is 5.75 Å². The number of pyridine rings is 1. The summed E-state index contributed by atoms with van der Waals surface area (Å²) in [6.07, 6.45) is 2.43. The van der Waals surface area contributed by atoms with E-state index in [-0.39, 0.29) is 5.75 Å². The molecular formula is C14H15NO2. The van der Waals surface area contributed by atoms with Gasteiger partial charge >= 0.3 is 0 Å². The molecule has 2 N–H and O–H groups in total. The highest BCUT2D eigenvalue weighted by Crippen LogP contribution is 2.33. The van der Waals surface area contributed by atoms with Gasteiger partial charge in [-0.2, -0.15) is 0 Å². The van der Waals surface area contributed by atoms with Crippen LogP contribution in [0.4, 0.5) is 0 Å². The Morgan fingerprint density at radius 1 is 1.06 bits per heavy atom. The number of aromatic hydroxyl groups is 1. The number of aliphatic hydroxyl groups excluding tert-OH is 1. The van der Waals surface area contributed by atoms with Crippen molar-refractivity contribution in [2.45, 2.75) is 20.8 Å². The van der Waals surface area contributed by atoms with Crippen LogP contribution in [0.25, 0.3) is 17.0 Å². The van der Waals surface area contributed by atoms with Crippen molar-refractivity contribution >= 4 is 17.0 Å². The van der Waals surface area contributed by atoms with E-state index < -0.39 is 0 Å². The topological polar surface area (TPSA) is 53.4 Å². The van der Waals surface area contributed by atoms with Gasteiger partial charge < -0.3 is 10.2 Å². The number of hydrogen-bond acceptors (Lipinski definition) is 3. The zero-order valence-electron chi connectivity index (χ0n) is 10.2. The molecule has 3 heteroatoms. The largest absolute Gasteiger partial charge is 0.516 e. The SMILES string of the molecule is Cc1c(C)c(O)c2nc(/C=C/O)ccc2c1C. The molecule has 0 saturated carbocycles. The van der Waals surface area contributed by atoms with Crippen molar-refractivity contribution in [3.05, 3.63) is 40.8 Å². The maximum absolute atomic E-state index is 10.1. The number of nitrogens with zero attached hydrogens (tertiary/aromatic N) is 1. The quantitative estimate of drug-likeness (QED) is 0.737. The van der Waals surface area contributed by atoms with Crippen LogP contribution in [-0.4, -0.2) is 15.2 Å². The van der Waals surface area contributed by atoms with Crippen LogP contribution in [0.3, 0.4) is 0 Å². The van der Waals surface area contributed by atoms with Crippen LogP contribution in [0.1, 0.15) is 22.4 Å². The Morgan fingerprint density at radius 3 is 2.41 bits per heavy atom. The first kappa shape index (κ1) is 11.5. The number of benzene rings is 1. The minimum atomic E-state index is 0.219. The Bertz CT molecular complexity index is 615.